The van der Waals surface area contributed by atoms with Gasteiger partial charge >= 0.3 is 11.7 Å². The summed E-state index contributed by atoms with van der Waals surface area (Å²) in [7, 11) is 1.49. The molecule has 3 aromatic carbocycles. The molecule has 3 rings (SSSR count). The maximum absolute atomic E-state index is 12.3. The predicted molar refractivity (Wildman–Crippen MR) is 114 cm³/mol. The molecule has 10 heteroatoms. The Balaban J connectivity index is 1.71. The van der Waals surface area contributed by atoms with Crippen LogP contribution in [0.25, 0.3) is 0 Å². The largest absolute Gasteiger partial charge is 0.508 e. The van der Waals surface area contributed by atoms with E-state index in [0.717, 1.165) is 6.07 Å². The van der Waals surface area contributed by atoms with Crippen LogP contribution in [0.1, 0.15) is 26.3 Å². The quantitative estimate of drug-likeness (QED) is 0.191. The average molecular weight is 435 g/mol. The van der Waals surface area contributed by atoms with Gasteiger partial charge in [0.25, 0.3) is 5.91 Å². The van der Waals surface area contributed by atoms with Crippen molar-refractivity contribution in [3.63, 3.8) is 0 Å². The first-order valence-electron chi connectivity index (χ1n) is 9.14. The molecule has 0 aromatic heterocycles. The molecule has 162 valence electrons. The third kappa shape index (κ3) is 5.45. The molecule has 0 saturated heterocycles. The van der Waals surface area contributed by atoms with Gasteiger partial charge in [-0.1, -0.05) is 0 Å². The minimum Gasteiger partial charge on any atom is -0.508 e. The molecule has 0 bridgehead atoms. The Labute approximate surface area is 181 Å². The van der Waals surface area contributed by atoms with E-state index in [0.29, 0.717) is 11.3 Å². The number of hydrazone groups is 1. The Bertz CT molecular complexity index is 1170. The molecule has 0 fully saturated rings. The van der Waals surface area contributed by atoms with Crippen LogP contribution in [0.5, 0.6) is 17.2 Å². The van der Waals surface area contributed by atoms with Crippen LogP contribution < -0.4 is 14.9 Å². The lowest BCUT2D eigenvalue weighted by molar-refractivity contribution is -0.385. The molecule has 2 N–H and O–H groups in total. The molecule has 0 atom stereocenters. The van der Waals surface area contributed by atoms with Gasteiger partial charge in [-0.15, -0.1) is 0 Å². The number of nitrogens with zero attached hydrogens (tertiary/aromatic N) is 2. The van der Waals surface area contributed by atoms with Gasteiger partial charge in [0.1, 0.15) is 11.5 Å². The van der Waals surface area contributed by atoms with Gasteiger partial charge in [0.05, 0.1) is 23.8 Å². The number of phenolic OH excluding ortho intramolecular Hbond substituents is 1. The summed E-state index contributed by atoms with van der Waals surface area (Å²) in [4.78, 5) is 35.0. The number of nitrogens with one attached hydrogen (secondary N) is 1. The van der Waals surface area contributed by atoms with E-state index < -0.39 is 22.5 Å². The van der Waals surface area contributed by atoms with Gasteiger partial charge in [-0.3, -0.25) is 14.9 Å². The van der Waals surface area contributed by atoms with Crippen molar-refractivity contribution in [1.29, 1.82) is 0 Å². The lowest BCUT2D eigenvalue weighted by Crippen LogP contribution is -2.17. The highest BCUT2D eigenvalue weighted by atomic mass is 16.6. The van der Waals surface area contributed by atoms with Crippen molar-refractivity contribution in [3.05, 3.63) is 93.5 Å². The number of ether oxygens (including phenoxy) is 2. The van der Waals surface area contributed by atoms with Crippen LogP contribution in [-0.2, 0) is 0 Å². The van der Waals surface area contributed by atoms with Crippen molar-refractivity contribution in [2.75, 3.05) is 7.11 Å². The number of nitro groups is 1. The molecule has 0 unspecified atom stereocenters. The third-order valence-corrected chi connectivity index (χ3v) is 4.22. The second-order valence-corrected chi connectivity index (χ2v) is 6.35. The minimum atomic E-state index is -0.765. The number of methoxy groups -OCH3 is 1. The fraction of sp³-hybridized carbons (Fsp3) is 0.0455. The molecule has 0 aliphatic carbocycles. The number of benzene rings is 3. The maximum Gasteiger partial charge on any atom is 0.343 e. The van der Waals surface area contributed by atoms with Crippen LogP contribution in [0.3, 0.4) is 0 Å². The molecule has 32 heavy (non-hydrogen) atoms. The van der Waals surface area contributed by atoms with Gasteiger partial charge in [-0.05, 0) is 60.7 Å². The van der Waals surface area contributed by atoms with Crippen molar-refractivity contribution >= 4 is 23.8 Å². The van der Waals surface area contributed by atoms with E-state index in [1.54, 1.807) is 12.1 Å². The van der Waals surface area contributed by atoms with E-state index in [1.807, 2.05) is 0 Å². The van der Waals surface area contributed by atoms with Crippen LogP contribution >= 0.6 is 0 Å². The number of hydrogen-bond acceptors (Lipinski definition) is 8. The van der Waals surface area contributed by atoms with E-state index in [-0.39, 0.29) is 22.6 Å². The Morgan fingerprint density at radius 2 is 1.69 bits per heavy atom. The lowest BCUT2D eigenvalue weighted by atomic mass is 10.2. The Kier molecular flexibility index (Phi) is 6.76. The number of amides is 1. The van der Waals surface area contributed by atoms with E-state index in [4.69, 9.17) is 9.47 Å². The summed E-state index contributed by atoms with van der Waals surface area (Å²) in [6.07, 6.45) is 1.21. The van der Waals surface area contributed by atoms with Gasteiger partial charge in [-0.2, -0.15) is 5.10 Å². The molecule has 0 aliphatic rings. The molecule has 0 heterocycles. The lowest BCUT2D eigenvalue weighted by Gasteiger charge is -2.06. The second-order valence-electron chi connectivity index (χ2n) is 6.35. The van der Waals surface area contributed by atoms with Gasteiger partial charge in [0, 0.05) is 17.2 Å². The first-order valence-corrected chi connectivity index (χ1v) is 9.14. The highest BCUT2D eigenvalue weighted by molar-refractivity contribution is 5.95. The maximum atomic E-state index is 12.3. The number of aromatic hydroxyl groups is 1. The van der Waals surface area contributed by atoms with Crippen molar-refractivity contribution in [3.8, 4) is 17.2 Å². The normalized spacial score (nSPS) is 10.5. The van der Waals surface area contributed by atoms with E-state index >= 15 is 0 Å². The Hall–Kier alpha value is -4.73. The highest BCUT2D eigenvalue weighted by Gasteiger charge is 2.19. The Morgan fingerprint density at radius 3 is 2.31 bits per heavy atom. The summed E-state index contributed by atoms with van der Waals surface area (Å²) in [6, 6.07) is 15.5. The molecule has 3 aromatic rings. The zero-order valence-electron chi connectivity index (χ0n) is 16.7. The van der Waals surface area contributed by atoms with Gasteiger partial charge in [-0.25, -0.2) is 10.2 Å². The number of rotatable bonds is 7. The summed E-state index contributed by atoms with van der Waals surface area (Å²) in [5.74, 6) is -0.959. The SMILES string of the molecule is COc1ccc(C(=O)Oc2ccc(/C=N/NC(=O)c3ccc(O)cc3)cc2[N+](=O)[O-])cc1. The van der Waals surface area contributed by atoms with Crippen LogP contribution in [0.15, 0.2) is 71.8 Å². The summed E-state index contributed by atoms with van der Waals surface area (Å²) in [5.41, 5.74) is 2.60. The molecule has 0 saturated carbocycles. The number of phenols is 1. The summed E-state index contributed by atoms with van der Waals surface area (Å²) < 4.78 is 10.2. The highest BCUT2D eigenvalue weighted by Crippen LogP contribution is 2.28. The van der Waals surface area contributed by atoms with Crippen molar-refractivity contribution in [1.82, 2.24) is 5.43 Å². The number of esters is 1. The molecular weight excluding hydrogens is 418 g/mol. The van der Waals surface area contributed by atoms with Crippen molar-refractivity contribution in [2.45, 2.75) is 0 Å². The fourth-order valence-electron chi connectivity index (χ4n) is 2.57. The predicted octanol–water partition coefficient (Wildman–Crippen LogP) is 3.29. The van der Waals surface area contributed by atoms with E-state index in [1.165, 1.54) is 61.9 Å². The summed E-state index contributed by atoms with van der Waals surface area (Å²) >= 11 is 0. The first-order chi connectivity index (χ1) is 15.4. The number of carbonyl (C=O) groups excluding carboxylic acids is 2. The van der Waals surface area contributed by atoms with Gasteiger partial charge in [0.2, 0.25) is 5.75 Å². The van der Waals surface area contributed by atoms with Crippen molar-refractivity contribution < 1.29 is 29.1 Å². The molecule has 0 spiro atoms. The second kappa shape index (κ2) is 9.85. The van der Waals surface area contributed by atoms with Crippen LogP contribution in [0, 0.1) is 10.1 Å². The zero-order valence-corrected chi connectivity index (χ0v) is 16.7. The average Bonchev–Trinajstić information content (AvgIpc) is 2.80. The summed E-state index contributed by atoms with van der Waals surface area (Å²) in [5, 5.41) is 24.4. The Morgan fingerprint density at radius 1 is 1.03 bits per heavy atom. The van der Waals surface area contributed by atoms with Crippen LogP contribution in [0.2, 0.25) is 0 Å². The summed E-state index contributed by atoms with van der Waals surface area (Å²) in [6.45, 7) is 0. The van der Waals surface area contributed by atoms with E-state index in [9.17, 15) is 24.8 Å². The standard InChI is InChI=1S/C22H17N3O7/c1-31-18-9-5-16(6-10-18)22(28)32-20-11-2-14(12-19(20)25(29)30)13-23-24-21(27)15-3-7-17(26)8-4-15/h2-13,26H,1H3,(H,24,27)/b23-13+. The molecule has 10 nitrogen and oxygen atoms in total. The molecule has 1 amide bonds. The van der Waals surface area contributed by atoms with Gasteiger partial charge in [0.15, 0.2) is 0 Å². The topological polar surface area (TPSA) is 140 Å². The number of carbonyl (C=O) groups is 2. The van der Waals surface area contributed by atoms with Crippen LogP contribution in [-0.4, -0.2) is 35.2 Å². The van der Waals surface area contributed by atoms with E-state index in [2.05, 4.69) is 10.5 Å². The number of nitro benzene ring substituents is 1. The fourth-order valence-corrected chi connectivity index (χ4v) is 2.57. The number of hydrogen-bond donors (Lipinski definition) is 2. The molecule has 0 aliphatic heterocycles. The third-order valence-electron chi connectivity index (χ3n) is 4.22. The van der Waals surface area contributed by atoms with Gasteiger partial charge < -0.3 is 14.6 Å². The van der Waals surface area contributed by atoms with Crippen LogP contribution in [0.4, 0.5) is 5.69 Å². The van der Waals surface area contributed by atoms with Crippen molar-refractivity contribution in [2.24, 2.45) is 5.10 Å². The molecular formula is C22H17N3O7. The zero-order chi connectivity index (χ0) is 23.1. The molecule has 0 radical (unpaired) electrons. The monoisotopic (exact) mass is 435 g/mol. The minimum absolute atomic E-state index is 0.0186. The smallest absolute Gasteiger partial charge is 0.343 e. The first kappa shape index (κ1) is 22.0.